The topological polar surface area (TPSA) is 24.1 Å². The number of benzene rings is 2. The molecule has 1 atom stereocenters. The summed E-state index contributed by atoms with van der Waals surface area (Å²) in [4.78, 5) is 0. The Hall–Kier alpha value is -1.80. The highest BCUT2D eigenvalue weighted by molar-refractivity contribution is 5.61. The van der Waals surface area contributed by atoms with Crippen molar-refractivity contribution < 1.29 is 0 Å². The van der Waals surface area contributed by atoms with Crippen LogP contribution in [0.4, 0.5) is 5.69 Å². The molecule has 0 radical (unpaired) electrons. The van der Waals surface area contributed by atoms with Crippen LogP contribution < -0.4 is 10.6 Å². The van der Waals surface area contributed by atoms with Gasteiger partial charge in [-0.1, -0.05) is 48.0 Å². The van der Waals surface area contributed by atoms with Crippen molar-refractivity contribution in [1.82, 2.24) is 5.32 Å². The van der Waals surface area contributed by atoms with Crippen LogP contribution in [0.25, 0.3) is 0 Å². The third-order valence-electron chi connectivity index (χ3n) is 4.07. The van der Waals surface area contributed by atoms with E-state index in [2.05, 4.69) is 66.9 Å². The van der Waals surface area contributed by atoms with Gasteiger partial charge in [0.05, 0.1) is 0 Å². The van der Waals surface area contributed by atoms with Gasteiger partial charge in [-0.2, -0.15) is 0 Å². The van der Waals surface area contributed by atoms with Gasteiger partial charge in [0.1, 0.15) is 0 Å². The Bertz CT molecular complexity index is 604. The van der Waals surface area contributed by atoms with Crippen molar-refractivity contribution in [1.29, 1.82) is 0 Å². The molecule has 0 fully saturated rings. The van der Waals surface area contributed by atoms with Gasteiger partial charge in [-0.05, 0) is 37.0 Å². The Balaban J connectivity index is 1.69. The molecule has 0 saturated carbocycles. The highest BCUT2D eigenvalue weighted by atomic mass is 14.9. The summed E-state index contributed by atoms with van der Waals surface area (Å²) in [7, 11) is 0. The SMILES string of the molecule is Cc1cccc([C@H](C)NCc2cccc3c2NCC3)c1. The van der Waals surface area contributed by atoms with Crippen molar-refractivity contribution in [3.8, 4) is 0 Å². The third-order valence-corrected chi connectivity index (χ3v) is 4.07. The van der Waals surface area contributed by atoms with Gasteiger partial charge in [0.15, 0.2) is 0 Å². The first-order valence-electron chi connectivity index (χ1n) is 7.38. The van der Waals surface area contributed by atoms with E-state index in [1.807, 2.05) is 0 Å². The maximum Gasteiger partial charge on any atom is 0.0419 e. The van der Waals surface area contributed by atoms with Crippen LogP contribution in [0, 0.1) is 6.92 Å². The fourth-order valence-electron chi connectivity index (χ4n) is 2.88. The van der Waals surface area contributed by atoms with Crippen molar-refractivity contribution >= 4 is 5.69 Å². The van der Waals surface area contributed by atoms with Gasteiger partial charge in [0.2, 0.25) is 0 Å². The quantitative estimate of drug-likeness (QED) is 0.879. The zero-order valence-corrected chi connectivity index (χ0v) is 12.2. The van der Waals surface area contributed by atoms with Gasteiger partial charge in [0.25, 0.3) is 0 Å². The molecule has 2 N–H and O–H groups in total. The Kier molecular flexibility index (Phi) is 3.75. The van der Waals surface area contributed by atoms with Gasteiger partial charge in [-0.15, -0.1) is 0 Å². The maximum absolute atomic E-state index is 3.63. The lowest BCUT2D eigenvalue weighted by atomic mass is 10.0. The van der Waals surface area contributed by atoms with Crippen LogP contribution in [-0.4, -0.2) is 6.54 Å². The van der Waals surface area contributed by atoms with E-state index in [0.29, 0.717) is 6.04 Å². The van der Waals surface area contributed by atoms with Crippen LogP contribution in [0.15, 0.2) is 42.5 Å². The lowest BCUT2D eigenvalue weighted by Gasteiger charge is -2.16. The Morgan fingerprint density at radius 2 is 2.05 bits per heavy atom. The highest BCUT2D eigenvalue weighted by Crippen LogP contribution is 2.26. The number of hydrogen-bond acceptors (Lipinski definition) is 2. The molecular weight excluding hydrogens is 244 g/mol. The standard InChI is InChI=1S/C18H22N2/c1-13-5-3-7-16(11-13)14(2)20-12-17-8-4-6-15-9-10-19-18(15)17/h3-8,11,14,19-20H,9-10,12H2,1-2H3/t14-/m0/s1. The monoisotopic (exact) mass is 266 g/mol. The molecular formula is C18H22N2. The average molecular weight is 266 g/mol. The second kappa shape index (κ2) is 5.68. The minimum Gasteiger partial charge on any atom is -0.384 e. The van der Waals surface area contributed by atoms with E-state index in [1.165, 1.54) is 27.9 Å². The molecule has 104 valence electrons. The number of nitrogens with one attached hydrogen (secondary N) is 2. The molecule has 2 nitrogen and oxygen atoms in total. The zero-order valence-electron chi connectivity index (χ0n) is 12.2. The van der Waals surface area contributed by atoms with E-state index in [4.69, 9.17) is 0 Å². The van der Waals surface area contributed by atoms with E-state index in [1.54, 1.807) is 0 Å². The number of hydrogen-bond donors (Lipinski definition) is 2. The smallest absolute Gasteiger partial charge is 0.0419 e. The van der Waals surface area contributed by atoms with Crippen molar-refractivity contribution in [3.63, 3.8) is 0 Å². The van der Waals surface area contributed by atoms with Crippen molar-refractivity contribution in [3.05, 3.63) is 64.7 Å². The first-order chi connectivity index (χ1) is 9.74. The molecule has 0 amide bonds. The number of fused-ring (bicyclic) bond motifs is 1. The summed E-state index contributed by atoms with van der Waals surface area (Å²) in [6, 6.07) is 15.7. The van der Waals surface area contributed by atoms with Crippen molar-refractivity contribution in [2.24, 2.45) is 0 Å². The summed E-state index contributed by atoms with van der Waals surface area (Å²) < 4.78 is 0. The molecule has 0 spiro atoms. The summed E-state index contributed by atoms with van der Waals surface area (Å²) in [5.41, 5.74) is 6.84. The first-order valence-corrected chi connectivity index (χ1v) is 7.38. The summed E-state index contributed by atoms with van der Waals surface area (Å²) >= 11 is 0. The van der Waals surface area contributed by atoms with Gasteiger partial charge in [0, 0.05) is 24.8 Å². The molecule has 2 aromatic rings. The van der Waals surface area contributed by atoms with Crippen LogP contribution in [0.3, 0.4) is 0 Å². The lowest BCUT2D eigenvalue weighted by Crippen LogP contribution is -2.18. The van der Waals surface area contributed by atoms with E-state index in [0.717, 1.165) is 19.5 Å². The maximum atomic E-state index is 3.63. The van der Waals surface area contributed by atoms with Crippen LogP contribution in [0.1, 0.15) is 35.2 Å². The molecule has 0 aromatic heterocycles. The normalized spacial score (nSPS) is 14.7. The minimum absolute atomic E-state index is 0.368. The molecule has 0 bridgehead atoms. The van der Waals surface area contributed by atoms with Gasteiger partial charge >= 0.3 is 0 Å². The molecule has 1 aliphatic heterocycles. The first kappa shape index (κ1) is 13.2. The van der Waals surface area contributed by atoms with Gasteiger partial charge in [-0.25, -0.2) is 0 Å². The summed E-state index contributed by atoms with van der Waals surface area (Å²) in [6.07, 6.45) is 1.15. The van der Waals surface area contributed by atoms with Crippen molar-refractivity contribution in [2.45, 2.75) is 32.9 Å². The number of rotatable bonds is 4. The Morgan fingerprint density at radius 1 is 1.20 bits per heavy atom. The van der Waals surface area contributed by atoms with E-state index < -0.39 is 0 Å². The number of anilines is 1. The molecule has 2 aromatic carbocycles. The summed E-state index contributed by atoms with van der Waals surface area (Å²) in [5.74, 6) is 0. The van der Waals surface area contributed by atoms with Crippen molar-refractivity contribution in [2.75, 3.05) is 11.9 Å². The second-order valence-electron chi connectivity index (χ2n) is 5.64. The van der Waals surface area contributed by atoms with Crippen LogP contribution in [0.2, 0.25) is 0 Å². The Labute approximate surface area is 121 Å². The molecule has 2 heteroatoms. The minimum atomic E-state index is 0.368. The highest BCUT2D eigenvalue weighted by Gasteiger charge is 2.14. The summed E-state index contributed by atoms with van der Waals surface area (Å²) in [5, 5.41) is 7.13. The lowest BCUT2D eigenvalue weighted by molar-refractivity contribution is 0.575. The fourth-order valence-corrected chi connectivity index (χ4v) is 2.88. The van der Waals surface area contributed by atoms with Gasteiger partial charge in [-0.3, -0.25) is 0 Å². The second-order valence-corrected chi connectivity index (χ2v) is 5.64. The molecule has 1 heterocycles. The fraction of sp³-hybridized carbons (Fsp3) is 0.333. The molecule has 3 rings (SSSR count). The largest absolute Gasteiger partial charge is 0.384 e. The molecule has 20 heavy (non-hydrogen) atoms. The van der Waals surface area contributed by atoms with Gasteiger partial charge < -0.3 is 10.6 Å². The predicted molar refractivity (Wildman–Crippen MR) is 85.1 cm³/mol. The van der Waals surface area contributed by atoms with E-state index in [-0.39, 0.29) is 0 Å². The molecule has 1 aliphatic rings. The average Bonchev–Trinajstić information content (AvgIpc) is 2.93. The molecule has 0 aliphatic carbocycles. The third kappa shape index (κ3) is 2.70. The zero-order chi connectivity index (χ0) is 13.9. The van der Waals surface area contributed by atoms with E-state index >= 15 is 0 Å². The number of aryl methyl sites for hydroxylation is 1. The summed E-state index contributed by atoms with van der Waals surface area (Å²) in [6.45, 7) is 6.35. The van der Waals surface area contributed by atoms with E-state index in [9.17, 15) is 0 Å². The van der Waals surface area contributed by atoms with Crippen LogP contribution in [0.5, 0.6) is 0 Å². The van der Waals surface area contributed by atoms with Crippen LogP contribution in [-0.2, 0) is 13.0 Å². The van der Waals surface area contributed by atoms with Crippen LogP contribution >= 0.6 is 0 Å². The number of para-hydroxylation sites is 1. The molecule has 0 saturated heterocycles. The predicted octanol–water partition coefficient (Wildman–Crippen LogP) is 3.81. The Morgan fingerprint density at radius 3 is 2.90 bits per heavy atom. The molecule has 0 unspecified atom stereocenters.